The molecule has 1 fully saturated rings. The molecular weight excluding hydrogens is 367 g/mol. The highest BCUT2D eigenvalue weighted by Gasteiger charge is 2.23. The summed E-state index contributed by atoms with van der Waals surface area (Å²) in [6.45, 7) is 1.83. The molecule has 0 atom stereocenters. The zero-order valence-electron chi connectivity index (χ0n) is 11.2. The van der Waals surface area contributed by atoms with Crippen molar-refractivity contribution in [3.8, 4) is 11.5 Å². The van der Waals surface area contributed by atoms with E-state index >= 15 is 0 Å². The first-order valence-corrected chi connectivity index (χ1v) is 7.83. The van der Waals surface area contributed by atoms with Crippen molar-refractivity contribution >= 4 is 22.6 Å². The zero-order valence-corrected chi connectivity index (χ0v) is 13.3. The number of rotatable bonds is 2. The average molecular weight is 382 g/mol. The summed E-state index contributed by atoms with van der Waals surface area (Å²) >= 11 is 2.10. The first-order valence-electron chi connectivity index (χ1n) is 6.75. The van der Waals surface area contributed by atoms with Crippen LogP contribution in [0.25, 0.3) is 11.5 Å². The van der Waals surface area contributed by atoms with Crippen molar-refractivity contribution in [3.63, 3.8) is 0 Å². The van der Waals surface area contributed by atoms with Gasteiger partial charge in [0.15, 0.2) is 5.82 Å². The van der Waals surface area contributed by atoms with Crippen LogP contribution in [0.15, 0.2) is 17.1 Å². The van der Waals surface area contributed by atoms with Crippen LogP contribution in [0.4, 0.5) is 0 Å². The number of hydrogen-bond donors (Lipinski definition) is 1. The van der Waals surface area contributed by atoms with Gasteiger partial charge in [0, 0.05) is 12.1 Å². The Kier molecular flexibility index (Phi) is 3.82. The predicted molar refractivity (Wildman–Crippen MR) is 84.5 cm³/mol. The minimum absolute atomic E-state index is 0.0752. The molecule has 104 valence electrons. The Bertz CT molecular complexity index is 692. The molecule has 0 radical (unpaired) electrons. The number of aryl methyl sites for hydroxylation is 1. The molecule has 0 saturated heterocycles. The van der Waals surface area contributed by atoms with Crippen LogP contribution in [0.5, 0.6) is 0 Å². The Morgan fingerprint density at radius 3 is 2.75 bits per heavy atom. The third kappa shape index (κ3) is 2.61. The van der Waals surface area contributed by atoms with E-state index < -0.39 is 0 Å². The number of aromatic amines is 1. The van der Waals surface area contributed by atoms with Crippen LogP contribution < -0.4 is 5.56 Å². The van der Waals surface area contributed by atoms with Gasteiger partial charge in [-0.25, -0.2) is 15.0 Å². The van der Waals surface area contributed by atoms with Crippen LogP contribution in [-0.2, 0) is 0 Å². The fraction of sp³-hybridized carbons (Fsp3) is 0.429. The van der Waals surface area contributed by atoms with Gasteiger partial charge >= 0.3 is 0 Å². The molecular formula is C14H15IN4O. The molecule has 0 spiro atoms. The van der Waals surface area contributed by atoms with Gasteiger partial charge in [0.2, 0.25) is 0 Å². The number of nitrogens with one attached hydrogen (secondary N) is 1. The van der Waals surface area contributed by atoms with Gasteiger partial charge in [-0.2, -0.15) is 0 Å². The number of halogens is 1. The lowest BCUT2D eigenvalue weighted by molar-refractivity contribution is 0.687. The summed E-state index contributed by atoms with van der Waals surface area (Å²) in [7, 11) is 0. The highest BCUT2D eigenvalue weighted by Crippen LogP contribution is 2.34. The first-order chi connectivity index (χ1) is 9.65. The molecule has 0 aliphatic heterocycles. The molecule has 2 aromatic rings. The van der Waals surface area contributed by atoms with E-state index in [4.69, 9.17) is 0 Å². The van der Waals surface area contributed by atoms with Gasteiger partial charge in [-0.1, -0.05) is 12.8 Å². The predicted octanol–water partition coefficient (Wildman–Crippen LogP) is 2.80. The smallest absolute Gasteiger partial charge is 0.264 e. The molecule has 1 N–H and O–H groups in total. The molecule has 0 amide bonds. The second kappa shape index (κ2) is 5.59. The molecule has 1 saturated carbocycles. The lowest BCUT2D eigenvalue weighted by atomic mass is 10.0. The van der Waals surface area contributed by atoms with Gasteiger partial charge in [-0.05, 0) is 48.4 Å². The fourth-order valence-corrected chi connectivity index (χ4v) is 3.35. The Hall–Kier alpha value is -1.31. The summed E-state index contributed by atoms with van der Waals surface area (Å²) in [5.41, 5.74) is 1.53. The second-order valence-electron chi connectivity index (χ2n) is 5.08. The van der Waals surface area contributed by atoms with Crippen molar-refractivity contribution in [1.82, 2.24) is 19.9 Å². The van der Waals surface area contributed by atoms with Crippen LogP contribution in [0, 0.1) is 10.5 Å². The quantitative estimate of drug-likeness (QED) is 0.811. The number of H-pyrrole nitrogens is 1. The summed E-state index contributed by atoms with van der Waals surface area (Å²) in [4.78, 5) is 28.0. The fourth-order valence-electron chi connectivity index (χ4n) is 2.66. The summed E-state index contributed by atoms with van der Waals surface area (Å²) < 4.78 is 0.712. The van der Waals surface area contributed by atoms with Gasteiger partial charge in [0.25, 0.3) is 5.56 Å². The average Bonchev–Trinajstić information content (AvgIpc) is 2.95. The van der Waals surface area contributed by atoms with Crippen LogP contribution in [0.3, 0.4) is 0 Å². The van der Waals surface area contributed by atoms with Crippen molar-refractivity contribution in [1.29, 1.82) is 0 Å². The van der Waals surface area contributed by atoms with E-state index in [1.54, 1.807) is 12.3 Å². The number of hydrogen-bond acceptors (Lipinski definition) is 4. The van der Waals surface area contributed by atoms with Crippen LogP contribution in [0.1, 0.15) is 43.1 Å². The van der Waals surface area contributed by atoms with Crippen molar-refractivity contribution in [2.24, 2.45) is 0 Å². The summed E-state index contributed by atoms with van der Waals surface area (Å²) in [5.74, 6) is 1.62. The van der Waals surface area contributed by atoms with Crippen molar-refractivity contribution in [2.45, 2.75) is 38.5 Å². The Labute approximate surface area is 130 Å². The maximum absolute atomic E-state index is 12.1. The molecule has 0 unspecified atom stereocenters. The highest BCUT2D eigenvalue weighted by atomic mass is 127. The van der Waals surface area contributed by atoms with Crippen molar-refractivity contribution in [2.75, 3.05) is 0 Å². The maximum atomic E-state index is 12.1. The van der Waals surface area contributed by atoms with E-state index in [9.17, 15) is 4.79 Å². The van der Waals surface area contributed by atoms with Gasteiger partial charge < -0.3 is 4.98 Å². The third-order valence-corrected chi connectivity index (χ3v) is 4.69. The van der Waals surface area contributed by atoms with Crippen molar-refractivity contribution < 1.29 is 0 Å². The van der Waals surface area contributed by atoms with E-state index in [2.05, 4.69) is 42.5 Å². The minimum Gasteiger partial charge on any atom is -0.304 e. The van der Waals surface area contributed by atoms with Gasteiger partial charge in [0.1, 0.15) is 15.1 Å². The summed E-state index contributed by atoms with van der Waals surface area (Å²) in [5, 5.41) is 0. The molecule has 2 aromatic heterocycles. The van der Waals surface area contributed by atoms with Gasteiger partial charge in [-0.3, -0.25) is 4.79 Å². The Morgan fingerprint density at radius 2 is 2.05 bits per heavy atom. The largest absolute Gasteiger partial charge is 0.304 e. The molecule has 1 aliphatic rings. The highest BCUT2D eigenvalue weighted by molar-refractivity contribution is 14.1. The molecule has 2 heterocycles. The van der Waals surface area contributed by atoms with Crippen LogP contribution >= 0.6 is 22.6 Å². The van der Waals surface area contributed by atoms with Gasteiger partial charge in [0.05, 0.1) is 5.69 Å². The number of aromatic nitrogens is 4. The summed E-state index contributed by atoms with van der Waals surface area (Å²) in [6, 6.07) is 1.77. The van der Waals surface area contributed by atoms with E-state index in [0.717, 1.165) is 18.5 Å². The Balaban J connectivity index is 2.11. The van der Waals surface area contributed by atoms with Gasteiger partial charge in [-0.15, -0.1) is 0 Å². The van der Waals surface area contributed by atoms with Crippen LogP contribution in [0.2, 0.25) is 0 Å². The SMILES string of the molecule is Cc1nccc(-c2nc(C3CCCC3)c(I)c(=O)[nH]2)n1. The number of nitrogens with zero attached hydrogens (tertiary/aromatic N) is 3. The molecule has 0 aromatic carbocycles. The minimum atomic E-state index is -0.0752. The molecule has 0 bridgehead atoms. The lowest BCUT2D eigenvalue weighted by Crippen LogP contribution is -2.18. The molecule has 20 heavy (non-hydrogen) atoms. The maximum Gasteiger partial charge on any atom is 0.264 e. The van der Waals surface area contributed by atoms with Crippen LogP contribution in [-0.4, -0.2) is 19.9 Å². The van der Waals surface area contributed by atoms with E-state index in [1.165, 1.54) is 12.8 Å². The van der Waals surface area contributed by atoms with E-state index in [-0.39, 0.29) is 5.56 Å². The molecule has 6 heteroatoms. The zero-order chi connectivity index (χ0) is 14.1. The van der Waals surface area contributed by atoms with E-state index in [0.29, 0.717) is 26.8 Å². The topological polar surface area (TPSA) is 71.5 Å². The third-order valence-electron chi connectivity index (χ3n) is 3.65. The summed E-state index contributed by atoms with van der Waals surface area (Å²) in [6.07, 6.45) is 6.36. The standard InChI is InChI=1S/C14H15IN4O/c1-8-16-7-6-10(17-8)13-18-12(9-4-2-3-5-9)11(15)14(20)19-13/h6-7,9H,2-5H2,1H3,(H,18,19,20). The molecule has 5 nitrogen and oxygen atoms in total. The van der Waals surface area contributed by atoms with E-state index in [1.807, 2.05) is 6.92 Å². The Morgan fingerprint density at radius 1 is 1.30 bits per heavy atom. The first kappa shape index (κ1) is 13.7. The molecule has 1 aliphatic carbocycles. The monoisotopic (exact) mass is 382 g/mol. The lowest BCUT2D eigenvalue weighted by Gasteiger charge is -2.11. The normalized spacial score (nSPS) is 15.7. The second-order valence-corrected chi connectivity index (χ2v) is 6.16. The molecule has 3 rings (SSSR count). The van der Waals surface area contributed by atoms with Crippen molar-refractivity contribution in [3.05, 3.63) is 37.7 Å².